The van der Waals surface area contributed by atoms with E-state index in [9.17, 15) is 0 Å². The maximum absolute atomic E-state index is 7.45. The van der Waals surface area contributed by atoms with Gasteiger partial charge in [0.15, 0.2) is 5.58 Å². The van der Waals surface area contributed by atoms with Gasteiger partial charge < -0.3 is 9.32 Å². The van der Waals surface area contributed by atoms with Gasteiger partial charge in [0.05, 0.1) is 11.1 Å². The third-order valence-electron chi connectivity index (χ3n) is 16.2. The Balaban J connectivity index is 0.991. The predicted molar refractivity (Wildman–Crippen MR) is 286 cm³/mol. The van der Waals surface area contributed by atoms with E-state index in [4.69, 9.17) is 4.42 Å². The second-order valence-electron chi connectivity index (χ2n) is 20.3. The fourth-order valence-electron chi connectivity index (χ4n) is 13.0. The van der Waals surface area contributed by atoms with Crippen LogP contribution >= 0.6 is 0 Å². The minimum atomic E-state index is -0.484. The summed E-state index contributed by atoms with van der Waals surface area (Å²) >= 11 is 0. The van der Waals surface area contributed by atoms with E-state index >= 15 is 0 Å². The number of anilines is 3. The summed E-state index contributed by atoms with van der Waals surface area (Å²) in [5.74, 6) is 0. The Morgan fingerprint density at radius 1 is 0.319 bits per heavy atom. The SMILES string of the molecule is CC1(C)c2ccccc2-c2ccc(N(c3ccc(-c4ccccc4)cc3)c3cccc4c3oc3c(-c5cccc6c5-c5ccccc5C65c6ccccc6C(C)(C)c6ccccc65)cccc34)cc21. The van der Waals surface area contributed by atoms with Gasteiger partial charge in [-0.25, -0.2) is 0 Å². The summed E-state index contributed by atoms with van der Waals surface area (Å²) in [5, 5.41) is 2.19. The van der Waals surface area contributed by atoms with Crippen molar-refractivity contribution in [2.24, 2.45) is 0 Å². The Bertz CT molecular complexity index is 3860. The fraction of sp³-hybridized carbons (Fsp3) is 0.104. The van der Waals surface area contributed by atoms with Gasteiger partial charge in [0, 0.05) is 38.5 Å². The van der Waals surface area contributed by atoms with Crippen LogP contribution in [0.25, 0.3) is 66.4 Å². The quantitative estimate of drug-likeness (QED) is 0.171. The highest BCUT2D eigenvalue weighted by atomic mass is 16.3. The first-order valence-corrected chi connectivity index (χ1v) is 24.3. The van der Waals surface area contributed by atoms with Crippen LogP contribution in [0.5, 0.6) is 0 Å². The van der Waals surface area contributed by atoms with Crippen LogP contribution in [0.15, 0.2) is 229 Å². The van der Waals surface area contributed by atoms with Crippen molar-refractivity contribution in [3.05, 3.63) is 269 Å². The molecule has 14 rings (SSSR count). The number of fused-ring (bicyclic) bond motifs is 15. The van der Waals surface area contributed by atoms with Gasteiger partial charge in [-0.3, -0.25) is 0 Å². The molecule has 3 aliphatic carbocycles. The molecule has 0 amide bonds. The Morgan fingerprint density at radius 2 is 0.812 bits per heavy atom. The van der Waals surface area contributed by atoms with Crippen LogP contribution in [0.4, 0.5) is 17.1 Å². The molecule has 11 aromatic rings. The average molecular weight is 884 g/mol. The highest BCUT2D eigenvalue weighted by molar-refractivity contribution is 6.15. The second-order valence-corrected chi connectivity index (χ2v) is 20.3. The van der Waals surface area contributed by atoms with Gasteiger partial charge in [-0.05, 0) is 114 Å². The maximum Gasteiger partial charge on any atom is 0.159 e. The van der Waals surface area contributed by atoms with Crippen molar-refractivity contribution in [3.8, 4) is 44.5 Å². The molecule has 0 bridgehead atoms. The van der Waals surface area contributed by atoms with E-state index in [1.807, 2.05) is 0 Å². The monoisotopic (exact) mass is 883 g/mol. The van der Waals surface area contributed by atoms with Crippen LogP contribution < -0.4 is 4.90 Å². The van der Waals surface area contributed by atoms with E-state index < -0.39 is 5.41 Å². The number of hydrogen-bond acceptors (Lipinski definition) is 2. The largest absolute Gasteiger partial charge is 0.453 e. The summed E-state index contributed by atoms with van der Waals surface area (Å²) in [7, 11) is 0. The molecular weight excluding hydrogens is 835 g/mol. The number of hydrogen-bond donors (Lipinski definition) is 0. The van der Waals surface area contributed by atoms with Gasteiger partial charge in [0.2, 0.25) is 0 Å². The first kappa shape index (κ1) is 39.9. The van der Waals surface area contributed by atoms with Gasteiger partial charge >= 0.3 is 0 Å². The van der Waals surface area contributed by atoms with Crippen LogP contribution in [-0.4, -0.2) is 0 Å². The molecule has 3 aliphatic rings. The standard InChI is InChI=1S/C67H49NO/c1-65(2)53-27-10-8-21-46(53)47-40-39-45(41-60(47)65)68(44-37-35-43(36-38-44)42-19-6-5-7-20-42)61-34-18-26-51-50-25-16-24-49(63(50)69-64(51)61)48-23-17-33-59-62(48)52-22-9-11-28-54(52)67(59)57-31-14-12-29-55(57)66(3,4)56-30-13-15-32-58(56)67/h5-41H,1-4H3. The Morgan fingerprint density at radius 3 is 1.54 bits per heavy atom. The van der Waals surface area contributed by atoms with Gasteiger partial charge in [-0.15, -0.1) is 0 Å². The fourth-order valence-corrected chi connectivity index (χ4v) is 13.0. The Labute approximate surface area is 403 Å². The highest BCUT2D eigenvalue weighted by Crippen LogP contribution is 2.64. The molecule has 0 unspecified atom stereocenters. The number of para-hydroxylation sites is 2. The lowest BCUT2D eigenvalue weighted by Gasteiger charge is -2.46. The minimum Gasteiger partial charge on any atom is -0.453 e. The van der Waals surface area contributed by atoms with E-state index in [2.05, 4.69) is 257 Å². The van der Waals surface area contributed by atoms with Crippen molar-refractivity contribution < 1.29 is 4.42 Å². The number of furan rings is 1. The summed E-state index contributed by atoms with van der Waals surface area (Å²) in [4.78, 5) is 2.40. The van der Waals surface area contributed by atoms with Crippen LogP contribution in [0.3, 0.4) is 0 Å². The van der Waals surface area contributed by atoms with E-state index in [0.29, 0.717) is 0 Å². The van der Waals surface area contributed by atoms with Crippen molar-refractivity contribution in [3.63, 3.8) is 0 Å². The topological polar surface area (TPSA) is 16.4 Å². The third-order valence-corrected chi connectivity index (χ3v) is 16.2. The van der Waals surface area contributed by atoms with Crippen LogP contribution in [-0.2, 0) is 16.2 Å². The molecule has 0 saturated heterocycles. The molecule has 0 radical (unpaired) electrons. The average Bonchev–Trinajstić information content (AvgIpc) is 4.01. The number of benzene rings is 10. The summed E-state index contributed by atoms with van der Waals surface area (Å²) in [6.07, 6.45) is 0. The van der Waals surface area contributed by atoms with E-state index in [0.717, 1.165) is 44.6 Å². The summed E-state index contributed by atoms with van der Waals surface area (Å²) in [5.41, 5.74) is 24.7. The van der Waals surface area contributed by atoms with Crippen LogP contribution in [0.2, 0.25) is 0 Å². The zero-order valence-electron chi connectivity index (χ0n) is 39.2. The molecular formula is C67H49NO. The van der Waals surface area contributed by atoms with Crippen molar-refractivity contribution in [1.82, 2.24) is 0 Å². The molecule has 0 atom stereocenters. The molecule has 1 aromatic heterocycles. The van der Waals surface area contributed by atoms with Crippen molar-refractivity contribution in [1.29, 1.82) is 0 Å². The van der Waals surface area contributed by atoms with Crippen molar-refractivity contribution in [2.45, 2.75) is 43.9 Å². The zero-order chi connectivity index (χ0) is 46.2. The normalized spacial score (nSPS) is 15.0. The molecule has 1 spiro atoms. The summed E-state index contributed by atoms with van der Waals surface area (Å²) < 4.78 is 7.45. The molecule has 2 heteroatoms. The van der Waals surface area contributed by atoms with Crippen molar-refractivity contribution >= 4 is 39.0 Å². The Kier molecular flexibility index (Phi) is 8.33. The second kappa shape index (κ2) is 14.4. The van der Waals surface area contributed by atoms with E-state index in [-0.39, 0.29) is 10.8 Å². The lowest BCUT2D eigenvalue weighted by molar-refractivity contribution is 0.563. The van der Waals surface area contributed by atoms with Crippen LogP contribution in [0, 0.1) is 0 Å². The molecule has 0 fully saturated rings. The molecule has 69 heavy (non-hydrogen) atoms. The van der Waals surface area contributed by atoms with E-state index in [1.54, 1.807) is 0 Å². The maximum atomic E-state index is 7.45. The summed E-state index contributed by atoms with van der Waals surface area (Å²) in [6.45, 7) is 9.48. The van der Waals surface area contributed by atoms with Gasteiger partial charge in [0.1, 0.15) is 5.58 Å². The van der Waals surface area contributed by atoms with Gasteiger partial charge in [-0.1, -0.05) is 222 Å². The van der Waals surface area contributed by atoms with E-state index in [1.165, 1.54) is 83.5 Å². The van der Waals surface area contributed by atoms with Gasteiger partial charge in [-0.2, -0.15) is 0 Å². The lowest BCUT2D eigenvalue weighted by Crippen LogP contribution is -2.40. The molecule has 1 heterocycles. The minimum absolute atomic E-state index is 0.157. The number of nitrogens with zero attached hydrogens (tertiary/aromatic N) is 1. The van der Waals surface area contributed by atoms with Crippen molar-refractivity contribution in [2.75, 3.05) is 4.90 Å². The smallest absolute Gasteiger partial charge is 0.159 e. The molecule has 0 aliphatic heterocycles. The first-order chi connectivity index (χ1) is 33.8. The zero-order valence-corrected chi connectivity index (χ0v) is 39.2. The molecule has 0 N–H and O–H groups in total. The molecule has 2 nitrogen and oxygen atoms in total. The van der Waals surface area contributed by atoms with Gasteiger partial charge in [0.25, 0.3) is 0 Å². The Hall–Kier alpha value is -8.20. The molecule has 328 valence electrons. The predicted octanol–water partition coefficient (Wildman–Crippen LogP) is 17.7. The number of rotatable bonds is 5. The summed E-state index contributed by atoms with van der Waals surface area (Å²) in [6, 6.07) is 83.3. The highest BCUT2D eigenvalue weighted by Gasteiger charge is 2.53. The first-order valence-electron chi connectivity index (χ1n) is 24.3. The molecule has 0 saturated carbocycles. The molecule has 10 aromatic carbocycles. The third kappa shape index (κ3) is 5.37. The lowest BCUT2D eigenvalue weighted by atomic mass is 9.55. The van der Waals surface area contributed by atoms with Crippen LogP contribution in [0.1, 0.15) is 72.2 Å².